The Kier molecular flexibility index (Phi) is 6.30. The smallest absolute Gasteiger partial charge is 0.0780 e. The molecule has 2 N–H and O–H groups in total. The van der Waals surface area contributed by atoms with Crippen molar-refractivity contribution in [2.75, 3.05) is 0 Å². The molecule has 102 valence electrons. The van der Waals surface area contributed by atoms with E-state index < -0.39 is 0 Å². The fraction of sp³-hybridized carbons (Fsp3) is 0.667. The molecule has 1 atom stereocenters. The maximum absolute atomic E-state index is 6.11. The summed E-state index contributed by atoms with van der Waals surface area (Å²) < 4.78 is 6.11. The highest BCUT2D eigenvalue weighted by molar-refractivity contribution is 5.36. The van der Waals surface area contributed by atoms with Crippen molar-refractivity contribution in [3.8, 4) is 0 Å². The van der Waals surface area contributed by atoms with Crippen LogP contribution in [-0.2, 0) is 4.74 Å². The molecule has 3 heteroatoms. The zero-order chi connectivity index (χ0) is 13.5. The minimum absolute atomic E-state index is 0.0986. The maximum Gasteiger partial charge on any atom is 0.0780 e. The third-order valence-electron chi connectivity index (χ3n) is 3.44. The number of rotatable bonds is 6. The quantitative estimate of drug-likeness (QED) is 0.581. The molecule has 0 saturated heterocycles. The highest BCUT2D eigenvalue weighted by atomic mass is 16.5. The average molecular weight is 250 g/mol. The second-order valence-electron chi connectivity index (χ2n) is 5.11. The van der Waals surface area contributed by atoms with E-state index >= 15 is 0 Å². The summed E-state index contributed by atoms with van der Waals surface area (Å²) in [4.78, 5) is 3.99. The van der Waals surface area contributed by atoms with Crippen molar-refractivity contribution in [3.05, 3.63) is 23.9 Å². The highest BCUT2D eigenvalue weighted by Gasteiger charge is 2.21. The lowest BCUT2D eigenvalue weighted by molar-refractivity contribution is -0.0111. The van der Waals surface area contributed by atoms with Gasteiger partial charge in [-0.3, -0.25) is 4.99 Å². The van der Waals surface area contributed by atoms with Crippen LogP contribution in [0.25, 0.3) is 0 Å². The minimum Gasteiger partial charge on any atom is -0.371 e. The van der Waals surface area contributed by atoms with E-state index in [1.807, 2.05) is 13.0 Å². The van der Waals surface area contributed by atoms with Gasteiger partial charge in [-0.15, -0.1) is 0 Å². The van der Waals surface area contributed by atoms with Crippen molar-refractivity contribution >= 4 is 6.72 Å². The molecule has 1 saturated carbocycles. The molecule has 1 aliphatic carbocycles. The lowest BCUT2D eigenvalue weighted by Gasteiger charge is -2.29. The first-order chi connectivity index (χ1) is 8.56. The van der Waals surface area contributed by atoms with E-state index in [-0.39, 0.29) is 6.10 Å². The Morgan fingerprint density at radius 3 is 2.50 bits per heavy atom. The van der Waals surface area contributed by atoms with Crippen LogP contribution in [0, 0.1) is 0 Å². The number of ether oxygens (including phenoxy) is 1. The maximum atomic E-state index is 6.11. The Morgan fingerprint density at radius 2 is 2.06 bits per heavy atom. The predicted octanol–water partition coefficient (Wildman–Crippen LogP) is 3.21. The summed E-state index contributed by atoms with van der Waals surface area (Å²) in [6, 6.07) is 0.362. The highest BCUT2D eigenvalue weighted by Crippen LogP contribution is 2.23. The number of hydrogen-bond donors (Lipinski definition) is 1. The molecular formula is C15H26N2O. The number of nitrogens with zero attached hydrogens (tertiary/aromatic N) is 1. The second kappa shape index (κ2) is 7.49. The molecule has 0 amide bonds. The van der Waals surface area contributed by atoms with E-state index in [4.69, 9.17) is 10.5 Å². The first-order valence-corrected chi connectivity index (χ1v) is 6.82. The van der Waals surface area contributed by atoms with Crippen LogP contribution in [0.1, 0.15) is 46.0 Å². The fourth-order valence-corrected chi connectivity index (χ4v) is 2.23. The van der Waals surface area contributed by atoms with E-state index in [0.717, 1.165) is 43.4 Å². The average Bonchev–Trinajstić information content (AvgIpc) is 2.36. The molecule has 0 aliphatic heterocycles. The third-order valence-corrected chi connectivity index (χ3v) is 3.44. The van der Waals surface area contributed by atoms with Crippen molar-refractivity contribution in [2.45, 2.75) is 64.2 Å². The molecule has 1 fully saturated rings. The van der Waals surface area contributed by atoms with Gasteiger partial charge in [0.2, 0.25) is 0 Å². The van der Waals surface area contributed by atoms with Crippen molar-refractivity contribution in [2.24, 2.45) is 10.7 Å². The van der Waals surface area contributed by atoms with Gasteiger partial charge in [0, 0.05) is 6.04 Å². The molecular weight excluding hydrogens is 224 g/mol. The topological polar surface area (TPSA) is 47.6 Å². The molecule has 0 radical (unpaired) electrons. The van der Waals surface area contributed by atoms with Crippen molar-refractivity contribution in [1.82, 2.24) is 0 Å². The molecule has 0 bridgehead atoms. The van der Waals surface area contributed by atoms with Gasteiger partial charge >= 0.3 is 0 Å². The molecule has 0 spiro atoms. The standard InChI is InChI=1S/C15H26N2O/c1-5-13(10-15(17-4)11(2)3)18-14-8-6-12(16)7-9-14/h10,12-14H,2,4-9,16H2,1,3H3. The molecule has 0 aromatic heterocycles. The van der Waals surface area contributed by atoms with Gasteiger partial charge < -0.3 is 10.5 Å². The predicted molar refractivity (Wildman–Crippen MR) is 77.8 cm³/mol. The minimum atomic E-state index is 0.0986. The van der Waals surface area contributed by atoms with Gasteiger partial charge in [-0.2, -0.15) is 0 Å². The van der Waals surface area contributed by atoms with Crippen LogP contribution in [0.15, 0.2) is 28.9 Å². The van der Waals surface area contributed by atoms with Crippen LogP contribution in [0.4, 0.5) is 0 Å². The summed E-state index contributed by atoms with van der Waals surface area (Å²) in [5, 5.41) is 0. The van der Waals surface area contributed by atoms with Gasteiger partial charge in [0.15, 0.2) is 0 Å². The fourth-order valence-electron chi connectivity index (χ4n) is 2.23. The number of nitrogens with two attached hydrogens (primary N) is 1. The molecule has 3 nitrogen and oxygen atoms in total. The SMILES string of the molecule is C=NC(=CC(CC)OC1CCC(N)CC1)C(=C)C. The Labute approximate surface area is 111 Å². The zero-order valence-corrected chi connectivity index (χ0v) is 11.7. The van der Waals surface area contributed by atoms with E-state index in [2.05, 4.69) is 25.2 Å². The van der Waals surface area contributed by atoms with Crippen molar-refractivity contribution in [3.63, 3.8) is 0 Å². The van der Waals surface area contributed by atoms with E-state index in [9.17, 15) is 0 Å². The molecule has 0 aromatic rings. The van der Waals surface area contributed by atoms with Crippen LogP contribution in [0.3, 0.4) is 0 Å². The van der Waals surface area contributed by atoms with Crippen LogP contribution in [0.2, 0.25) is 0 Å². The number of hydrogen-bond acceptors (Lipinski definition) is 3. The van der Waals surface area contributed by atoms with Crippen LogP contribution in [-0.4, -0.2) is 25.0 Å². The third kappa shape index (κ3) is 4.75. The monoisotopic (exact) mass is 250 g/mol. The first kappa shape index (κ1) is 15.1. The van der Waals surface area contributed by atoms with Crippen LogP contribution < -0.4 is 5.73 Å². The summed E-state index contributed by atoms with van der Waals surface area (Å²) in [6.07, 6.45) is 7.67. The molecule has 18 heavy (non-hydrogen) atoms. The molecule has 1 aliphatic rings. The van der Waals surface area contributed by atoms with Gasteiger partial charge in [0.25, 0.3) is 0 Å². The van der Waals surface area contributed by atoms with E-state index in [1.165, 1.54) is 0 Å². The Bertz CT molecular complexity index is 314. The zero-order valence-electron chi connectivity index (χ0n) is 11.7. The Hall–Kier alpha value is -0.930. The summed E-state index contributed by atoms with van der Waals surface area (Å²) in [5.74, 6) is 0. The summed E-state index contributed by atoms with van der Waals surface area (Å²) >= 11 is 0. The summed E-state index contributed by atoms with van der Waals surface area (Å²) in [7, 11) is 0. The molecule has 0 heterocycles. The van der Waals surface area contributed by atoms with Crippen molar-refractivity contribution < 1.29 is 4.74 Å². The normalized spacial score (nSPS) is 26.7. The van der Waals surface area contributed by atoms with Gasteiger partial charge in [0.1, 0.15) is 0 Å². The lowest BCUT2D eigenvalue weighted by atomic mass is 9.93. The van der Waals surface area contributed by atoms with Gasteiger partial charge in [-0.05, 0) is 57.4 Å². The molecule has 1 unspecified atom stereocenters. The van der Waals surface area contributed by atoms with Gasteiger partial charge in [0.05, 0.1) is 17.9 Å². The first-order valence-electron chi connectivity index (χ1n) is 6.82. The van der Waals surface area contributed by atoms with Crippen LogP contribution >= 0.6 is 0 Å². The Balaban J connectivity index is 2.56. The summed E-state index contributed by atoms with van der Waals surface area (Å²) in [6.45, 7) is 11.5. The number of allylic oxidation sites excluding steroid dienone is 1. The Morgan fingerprint density at radius 1 is 1.44 bits per heavy atom. The molecule has 1 rings (SSSR count). The van der Waals surface area contributed by atoms with Crippen LogP contribution in [0.5, 0.6) is 0 Å². The van der Waals surface area contributed by atoms with Crippen molar-refractivity contribution in [1.29, 1.82) is 0 Å². The van der Waals surface area contributed by atoms with E-state index in [0.29, 0.717) is 12.1 Å². The lowest BCUT2D eigenvalue weighted by Crippen LogP contribution is -2.32. The van der Waals surface area contributed by atoms with Gasteiger partial charge in [-0.25, -0.2) is 0 Å². The largest absolute Gasteiger partial charge is 0.371 e. The number of aliphatic imine (C=N–C) groups is 1. The van der Waals surface area contributed by atoms with Gasteiger partial charge in [-0.1, -0.05) is 13.5 Å². The van der Waals surface area contributed by atoms with E-state index in [1.54, 1.807) is 0 Å². The summed E-state index contributed by atoms with van der Waals surface area (Å²) in [5.41, 5.74) is 7.67. The second-order valence-corrected chi connectivity index (χ2v) is 5.11. The molecule has 0 aromatic carbocycles.